The molecule has 1 unspecified atom stereocenters. The first-order valence-electron chi connectivity index (χ1n) is 8.74. The van der Waals surface area contributed by atoms with Crippen LogP contribution in [-0.2, 0) is 16.8 Å². The fourth-order valence-electron chi connectivity index (χ4n) is 2.75. The standard InChI is InChI=1S/C19H21F2N3O3S/c1-19(2,3)14-8-15(25)24-9-11(10-28-18(24)23-14)16(26)22-12-5-4-6-13(7-12)27-17(20)21/h4-8,11,17H,9-10H2,1-3H3,(H,22,26). The largest absolute Gasteiger partial charge is 0.435 e. The van der Waals surface area contributed by atoms with E-state index in [1.54, 1.807) is 6.07 Å². The topological polar surface area (TPSA) is 73.2 Å². The lowest BCUT2D eigenvalue weighted by Crippen LogP contribution is -2.37. The zero-order valence-corrected chi connectivity index (χ0v) is 16.6. The molecule has 1 aromatic carbocycles. The Balaban J connectivity index is 1.74. The second-order valence-electron chi connectivity index (χ2n) is 7.53. The number of thioether (sulfide) groups is 1. The number of hydrogen-bond acceptors (Lipinski definition) is 5. The summed E-state index contributed by atoms with van der Waals surface area (Å²) in [5.74, 6) is -0.304. The van der Waals surface area contributed by atoms with Crippen molar-refractivity contribution >= 4 is 23.4 Å². The van der Waals surface area contributed by atoms with Crippen LogP contribution in [0.4, 0.5) is 14.5 Å². The average molecular weight is 409 g/mol. The van der Waals surface area contributed by atoms with Gasteiger partial charge in [-0.25, -0.2) is 4.98 Å². The average Bonchev–Trinajstić information content (AvgIpc) is 2.60. The molecule has 150 valence electrons. The number of nitrogens with zero attached hydrogens (tertiary/aromatic N) is 2. The number of amides is 1. The molecule has 6 nitrogen and oxygen atoms in total. The van der Waals surface area contributed by atoms with Gasteiger partial charge in [-0.1, -0.05) is 38.6 Å². The molecular formula is C19H21F2N3O3S. The molecule has 1 aliphatic rings. The predicted molar refractivity (Wildman–Crippen MR) is 103 cm³/mol. The van der Waals surface area contributed by atoms with E-state index in [9.17, 15) is 18.4 Å². The number of carbonyl (C=O) groups is 1. The summed E-state index contributed by atoms with van der Waals surface area (Å²) in [7, 11) is 0. The lowest BCUT2D eigenvalue weighted by atomic mass is 9.92. The van der Waals surface area contributed by atoms with Gasteiger partial charge in [-0.15, -0.1) is 0 Å². The lowest BCUT2D eigenvalue weighted by molar-refractivity contribution is -0.119. The van der Waals surface area contributed by atoms with Gasteiger partial charge in [-0.3, -0.25) is 14.2 Å². The van der Waals surface area contributed by atoms with Crippen LogP contribution >= 0.6 is 11.8 Å². The van der Waals surface area contributed by atoms with Gasteiger partial charge < -0.3 is 10.1 Å². The second-order valence-corrected chi connectivity index (χ2v) is 8.51. The maximum Gasteiger partial charge on any atom is 0.387 e. The van der Waals surface area contributed by atoms with Crippen molar-refractivity contribution in [3.8, 4) is 5.75 Å². The molecule has 1 amide bonds. The number of nitrogens with one attached hydrogen (secondary N) is 1. The fraction of sp³-hybridized carbons (Fsp3) is 0.421. The Labute approximate surface area is 165 Å². The van der Waals surface area contributed by atoms with E-state index in [0.717, 1.165) is 5.69 Å². The first kappa shape index (κ1) is 20.3. The third-order valence-electron chi connectivity index (χ3n) is 4.26. The maximum atomic E-state index is 12.6. The number of halogens is 2. The summed E-state index contributed by atoms with van der Waals surface area (Å²) >= 11 is 1.36. The van der Waals surface area contributed by atoms with Crippen molar-refractivity contribution in [3.63, 3.8) is 0 Å². The highest BCUT2D eigenvalue weighted by atomic mass is 32.2. The van der Waals surface area contributed by atoms with Crippen LogP contribution in [0.2, 0.25) is 0 Å². The summed E-state index contributed by atoms with van der Waals surface area (Å²) in [6, 6.07) is 7.32. The monoisotopic (exact) mass is 409 g/mol. The SMILES string of the molecule is CC(C)(C)c1cc(=O)n2c(n1)SCC(C(=O)Nc1cccc(OC(F)F)c1)C2. The zero-order chi connectivity index (χ0) is 20.5. The van der Waals surface area contributed by atoms with Crippen molar-refractivity contribution in [1.29, 1.82) is 0 Å². The van der Waals surface area contributed by atoms with E-state index in [0.29, 0.717) is 16.6 Å². The Morgan fingerprint density at radius 2 is 2.11 bits per heavy atom. The van der Waals surface area contributed by atoms with Gasteiger partial charge >= 0.3 is 6.61 Å². The molecule has 0 fully saturated rings. The van der Waals surface area contributed by atoms with Crippen molar-refractivity contribution in [1.82, 2.24) is 9.55 Å². The molecule has 28 heavy (non-hydrogen) atoms. The van der Waals surface area contributed by atoms with Gasteiger partial charge in [-0.05, 0) is 12.1 Å². The van der Waals surface area contributed by atoms with Gasteiger partial charge in [0.2, 0.25) is 5.91 Å². The van der Waals surface area contributed by atoms with Crippen LogP contribution in [0.3, 0.4) is 0 Å². The van der Waals surface area contributed by atoms with E-state index >= 15 is 0 Å². The number of benzene rings is 1. The minimum absolute atomic E-state index is 0.0358. The summed E-state index contributed by atoms with van der Waals surface area (Å²) in [5.41, 5.74) is 0.643. The van der Waals surface area contributed by atoms with E-state index < -0.39 is 12.5 Å². The highest BCUT2D eigenvalue weighted by Crippen LogP contribution is 2.29. The minimum Gasteiger partial charge on any atom is -0.435 e. The number of aromatic nitrogens is 2. The normalized spacial score (nSPS) is 16.6. The third kappa shape index (κ3) is 4.70. The van der Waals surface area contributed by atoms with E-state index in [2.05, 4.69) is 15.0 Å². The maximum absolute atomic E-state index is 12.6. The molecule has 9 heteroatoms. The Bertz CT molecular complexity index is 941. The summed E-state index contributed by atoms with van der Waals surface area (Å²) < 4.78 is 30.5. The van der Waals surface area contributed by atoms with Crippen molar-refractivity contribution in [2.24, 2.45) is 5.92 Å². The smallest absolute Gasteiger partial charge is 0.387 e. The van der Waals surface area contributed by atoms with Crippen molar-refractivity contribution in [2.45, 2.75) is 44.5 Å². The Morgan fingerprint density at radius 3 is 2.79 bits per heavy atom. The van der Waals surface area contributed by atoms with E-state index in [1.807, 2.05) is 20.8 Å². The fourth-order valence-corrected chi connectivity index (χ4v) is 3.84. The Morgan fingerprint density at radius 1 is 1.36 bits per heavy atom. The van der Waals surface area contributed by atoms with Crippen LogP contribution < -0.4 is 15.6 Å². The molecule has 0 radical (unpaired) electrons. The van der Waals surface area contributed by atoms with Crippen LogP contribution in [0.1, 0.15) is 26.5 Å². The van der Waals surface area contributed by atoms with Crippen LogP contribution in [0.5, 0.6) is 5.75 Å². The molecule has 2 heterocycles. The van der Waals surface area contributed by atoms with Crippen molar-refractivity contribution in [2.75, 3.05) is 11.1 Å². The van der Waals surface area contributed by atoms with Gasteiger partial charge in [-0.2, -0.15) is 8.78 Å². The summed E-state index contributed by atoms with van der Waals surface area (Å²) in [4.78, 5) is 29.7. The van der Waals surface area contributed by atoms with Gasteiger partial charge in [0.15, 0.2) is 5.16 Å². The highest BCUT2D eigenvalue weighted by molar-refractivity contribution is 7.99. The summed E-state index contributed by atoms with van der Waals surface area (Å²) in [5, 5.41) is 3.30. The van der Waals surface area contributed by atoms with E-state index in [-0.39, 0.29) is 29.2 Å². The van der Waals surface area contributed by atoms with E-state index in [1.165, 1.54) is 40.6 Å². The van der Waals surface area contributed by atoms with Gasteiger partial charge in [0.05, 0.1) is 11.6 Å². The van der Waals surface area contributed by atoms with Gasteiger partial charge in [0, 0.05) is 35.5 Å². The molecule has 3 rings (SSSR count). The van der Waals surface area contributed by atoms with Crippen molar-refractivity contribution in [3.05, 3.63) is 46.4 Å². The summed E-state index contributed by atoms with van der Waals surface area (Å²) in [6.45, 7) is 3.25. The second kappa shape index (κ2) is 7.90. The van der Waals surface area contributed by atoms with Crippen LogP contribution in [0.15, 0.2) is 40.3 Å². The first-order valence-corrected chi connectivity index (χ1v) is 9.73. The van der Waals surface area contributed by atoms with Crippen LogP contribution in [0, 0.1) is 5.92 Å². The van der Waals surface area contributed by atoms with Gasteiger partial charge in [0.25, 0.3) is 5.56 Å². The number of fused-ring (bicyclic) bond motifs is 1. The third-order valence-corrected chi connectivity index (χ3v) is 5.39. The number of rotatable bonds is 4. The molecule has 0 saturated heterocycles. The first-order chi connectivity index (χ1) is 13.1. The van der Waals surface area contributed by atoms with Crippen LogP contribution in [-0.4, -0.2) is 27.8 Å². The van der Waals surface area contributed by atoms with Gasteiger partial charge in [0.1, 0.15) is 5.75 Å². The molecule has 1 aliphatic heterocycles. The van der Waals surface area contributed by atoms with Crippen molar-refractivity contribution < 1.29 is 18.3 Å². The number of alkyl halides is 2. The lowest BCUT2D eigenvalue weighted by Gasteiger charge is -2.26. The van der Waals surface area contributed by atoms with E-state index in [4.69, 9.17) is 0 Å². The van der Waals surface area contributed by atoms with Crippen LogP contribution in [0.25, 0.3) is 0 Å². The molecule has 0 spiro atoms. The molecule has 1 N–H and O–H groups in total. The number of hydrogen-bond donors (Lipinski definition) is 1. The summed E-state index contributed by atoms with van der Waals surface area (Å²) in [6.07, 6.45) is 0. The minimum atomic E-state index is -2.94. The highest BCUT2D eigenvalue weighted by Gasteiger charge is 2.28. The molecule has 0 saturated carbocycles. The molecule has 0 bridgehead atoms. The Kier molecular flexibility index (Phi) is 5.74. The quantitative estimate of drug-likeness (QED) is 0.783. The molecular weight excluding hydrogens is 388 g/mol. The molecule has 0 aliphatic carbocycles. The molecule has 2 aromatic rings. The molecule has 1 atom stereocenters. The predicted octanol–water partition coefficient (Wildman–Crippen LogP) is 3.50. The number of ether oxygens (including phenoxy) is 1. The zero-order valence-electron chi connectivity index (χ0n) is 15.7. The number of carbonyl (C=O) groups excluding carboxylic acids is 1. The molecule has 1 aromatic heterocycles. The number of anilines is 1. The Hall–Kier alpha value is -2.42.